The number of likely N-dealkylation sites (N-methyl/N-ethyl adjacent to an activating group) is 2. The van der Waals surface area contributed by atoms with Crippen LogP contribution in [0.4, 0.5) is 0 Å². The van der Waals surface area contributed by atoms with Crippen LogP contribution in [0.2, 0.25) is 0 Å². The highest BCUT2D eigenvalue weighted by Crippen LogP contribution is 2.19. The second-order valence-corrected chi connectivity index (χ2v) is 5.28. The third kappa shape index (κ3) is 4.01. The molecule has 1 heterocycles. The molecule has 0 aromatic carbocycles. The van der Waals surface area contributed by atoms with E-state index in [-0.39, 0.29) is 0 Å². The smallest absolute Gasteiger partial charge is 0.0281 e. The molecular formula is C12H28N4. The number of nitrogens with one attached hydrogen (secondary N) is 2. The van der Waals surface area contributed by atoms with Crippen LogP contribution in [0.5, 0.6) is 0 Å². The van der Waals surface area contributed by atoms with E-state index in [1.54, 1.807) is 0 Å². The molecule has 0 aromatic heterocycles. The van der Waals surface area contributed by atoms with Crippen molar-refractivity contribution in [2.75, 3.05) is 59.9 Å². The van der Waals surface area contributed by atoms with Crippen LogP contribution in [0, 0.1) is 0 Å². The minimum Gasteiger partial charge on any atom is -0.318 e. The van der Waals surface area contributed by atoms with Gasteiger partial charge in [-0.2, -0.15) is 0 Å². The third-order valence-corrected chi connectivity index (χ3v) is 3.46. The van der Waals surface area contributed by atoms with E-state index < -0.39 is 0 Å². The van der Waals surface area contributed by atoms with E-state index in [1.165, 1.54) is 26.2 Å². The van der Waals surface area contributed by atoms with Gasteiger partial charge in [0.25, 0.3) is 0 Å². The molecule has 1 rings (SSSR count). The summed E-state index contributed by atoms with van der Waals surface area (Å²) in [6.07, 6.45) is 0. The fourth-order valence-electron chi connectivity index (χ4n) is 2.41. The van der Waals surface area contributed by atoms with Gasteiger partial charge in [-0.25, -0.2) is 0 Å². The van der Waals surface area contributed by atoms with Gasteiger partial charge in [0.2, 0.25) is 0 Å². The SMILES string of the molecule is CNCCN1CCN(CCNC)C(C)(C)C1. The summed E-state index contributed by atoms with van der Waals surface area (Å²) < 4.78 is 0. The molecule has 0 unspecified atom stereocenters. The highest BCUT2D eigenvalue weighted by atomic mass is 15.3. The Balaban J connectivity index is 2.38. The molecule has 4 nitrogen and oxygen atoms in total. The van der Waals surface area contributed by atoms with Gasteiger partial charge in [-0.05, 0) is 27.9 Å². The van der Waals surface area contributed by atoms with Crippen LogP contribution in [0.25, 0.3) is 0 Å². The molecule has 0 bridgehead atoms. The maximum atomic E-state index is 3.23. The quantitative estimate of drug-likeness (QED) is 0.660. The minimum absolute atomic E-state index is 0.308. The van der Waals surface area contributed by atoms with Crippen molar-refractivity contribution in [3.63, 3.8) is 0 Å². The number of nitrogens with zero attached hydrogens (tertiary/aromatic N) is 2. The Bertz CT molecular complexity index is 193. The van der Waals surface area contributed by atoms with Gasteiger partial charge in [-0.3, -0.25) is 9.80 Å². The molecule has 2 N–H and O–H groups in total. The lowest BCUT2D eigenvalue weighted by Crippen LogP contribution is -2.60. The van der Waals surface area contributed by atoms with Crippen molar-refractivity contribution in [2.24, 2.45) is 0 Å². The molecule has 0 amide bonds. The fourth-order valence-corrected chi connectivity index (χ4v) is 2.41. The molecule has 1 aliphatic heterocycles. The molecule has 0 saturated carbocycles. The van der Waals surface area contributed by atoms with Crippen molar-refractivity contribution in [3.05, 3.63) is 0 Å². The van der Waals surface area contributed by atoms with Crippen LogP contribution in [0.15, 0.2) is 0 Å². The second-order valence-electron chi connectivity index (χ2n) is 5.28. The average molecular weight is 228 g/mol. The second kappa shape index (κ2) is 6.55. The van der Waals surface area contributed by atoms with E-state index in [9.17, 15) is 0 Å². The Kier molecular flexibility index (Phi) is 5.69. The van der Waals surface area contributed by atoms with Crippen molar-refractivity contribution in [1.29, 1.82) is 0 Å². The van der Waals surface area contributed by atoms with Crippen LogP contribution in [0.1, 0.15) is 13.8 Å². The molecule has 16 heavy (non-hydrogen) atoms. The van der Waals surface area contributed by atoms with Crippen molar-refractivity contribution in [1.82, 2.24) is 20.4 Å². The Morgan fingerprint density at radius 3 is 2.19 bits per heavy atom. The van der Waals surface area contributed by atoms with Gasteiger partial charge in [0.05, 0.1) is 0 Å². The zero-order valence-corrected chi connectivity index (χ0v) is 11.3. The summed E-state index contributed by atoms with van der Waals surface area (Å²) in [6, 6.07) is 0. The Morgan fingerprint density at radius 1 is 1.00 bits per heavy atom. The first kappa shape index (κ1) is 13.9. The van der Waals surface area contributed by atoms with Crippen molar-refractivity contribution < 1.29 is 0 Å². The van der Waals surface area contributed by atoms with Crippen molar-refractivity contribution >= 4 is 0 Å². The lowest BCUT2D eigenvalue weighted by Gasteiger charge is -2.47. The normalized spacial score (nSPS) is 22.5. The first-order valence-electron chi connectivity index (χ1n) is 6.37. The zero-order chi connectivity index (χ0) is 12.0. The first-order valence-corrected chi connectivity index (χ1v) is 6.37. The third-order valence-electron chi connectivity index (χ3n) is 3.46. The van der Waals surface area contributed by atoms with Crippen LogP contribution >= 0.6 is 0 Å². The van der Waals surface area contributed by atoms with Crippen LogP contribution in [0.3, 0.4) is 0 Å². The topological polar surface area (TPSA) is 30.5 Å². The average Bonchev–Trinajstić information content (AvgIpc) is 2.24. The number of hydrogen-bond acceptors (Lipinski definition) is 4. The van der Waals surface area contributed by atoms with E-state index in [0.717, 1.165) is 19.6 Å². The van der Waals surface area contributed by atoms with Crippen LogP contribution in [-0.4, -0.2) is 75.2 Å². The van der Waals surface area contributed by atoms with E-state index in [1.807, 2.05) is 14.1 Å². The Labute approximate surface area is 100 Å². The fraction of sp³-hybridized carbons (Fsp3) is 1.00. The number of hydrogen-bond donors (Lipinski definition) is 2. The summed E-state index contributed by atoms with van der Waals surface area (Å²) in [6.45, 7) is 12.8. The maximum absolute atomic E-state index is 3.23. The molecule has 0 spiro atoms. The summed E-state index contributed by atoms with van der Waals surface area (Å²) in [5, 5.41) is 6.46. The summed E-state index contributed by atoms with van der Waals surface area (Å²) >= 11 is 0. The predicted molar refractivity (Wildman–Crippen MR) is 69.9 cm³/mol. The van der Waals surface area contributed by atoms with E-state index >= 15 is 0 Å². The van der Waals surface area contributed by atoms with Gasteiger partial charge < -0.3 is 10.6 Å². The monoisotopic (exact) mass is 228 g/mol. The lowest BCUT2D eigenvalue weighted by molar-refractivity contribution is 0.0218. The van der Waals surface area contributed by atoms with Gasteiger partial charge >= 0.3 is 0 Å². The predicted octanol–water partition coefficient (Wildman–Crippen LogP) is -0.179. The van der Waals surface area contributed by atoms with Gasteiger partial charge in [0, 0.05) is 51.4 Å². The van der Waals surface area contributed by atoms with Gasteiger partial charge in [-0.1, -0.05) is 0 Å². The molecule has 0 aromatic rings. The molecule has 1 fully saturated rings. The Hall–Kier alpha value is -0.160. The molecule has 1 saturated heterocycles. The van der Waals surface area contributed by atoms with Crippen LogP contribution < -0.4 is 10.6 Å². The summed E-state index contributed by atoms with van der Waals surface area (Å²) in [7, 11) is 4.05. The molecule has 0 radical (unpaired) electrons. The molecule has 0 atom stereocenters. The van der Waals surface area contributed by atoms with E-state index in [2.05, 4.69) is 34.3 Å². The Morgan fingerprint density at radius 2 is 1.62 bits per heavy atom. The lowest BCUT2D eigenvalue weighted by atomic mass is 9.99. The molecule has 1 aliphatic rings. The minimum atomic E-state index is 0.308. The highest BCUT2D eigenvalue weighted by molar-refractivity contribution is 4.90. The van der Waals surface area contributed by atoms with Crippen molar-refractivity contribution in [3.8, 4) is 0 Å². The van der Waals surface area contributed by atoms with Gasteiger partial charge in [0.1, 0.15) is 0 Å². The van der Waals surface area contributed by atoms with Gasteiger partial charge in [0.15, 0.2) is 0 Å². The molecule has 0 aliphatic carbocycles. The highest BCUT2D eigenvalue weighted by Gasteiger charge is 2.32. The summed E-state index contributed by atoms with van der Waals surface area (Å²) in [5.41, 5.74) is 0.308. The van der Waals surface area contributed by atoms with Gasteiger partial charge in [-0.15, -0.1) is 0 Å². The van der Waals surface area contributed by atoms with Crippen molar-refractivity contribution in [2.45, 2.75) is 19.4 Å². The maximum Gasteiger partial charge on any atom is 0.0281 e. The standard InChI is InChI=1S/C12H28N4/c1-12(2)11-15(7-5-13-3)9-10-16(12)8-6-14-4/h13-14H,5-11H2,1-4H3. The largest absolute Gasteiger partial charge is 0.318 e. The molecule has 4 heteroatoms. The van der Waals surface area contributed by atoms with Crippen LogP contribution in [-0.2, 0) is 0 Å². The first-order chi connectivity index (χ1) is 7.60. The van der Waals surface area contributed by atoms with E-state index in [0.29, 0.717) is 5.54 Å². The summed E-state index contributed by atoms with van der Waals surface area (Å²) in [4.78, 5) is 5.16. The summed E-state index contributed by atoms with van der Waals surface area (Å²) in [5.74, 6) is 0. The zero-order valence-electron chi connectivity index (χ0n) is 11.3. The van der Waals surface area contributed by atoms with E-state index in [4.69, 9.17) is 0 Å². The number of rotatable bonds is 6. The number of piperazine rings is 1. The molecular weight excluding hydrogens is 200 g/mol. The molecule has 96 valence electrons.